The topological polar surface area (TPSA) is 49.5 Å². The summed E-state index contributed by atoms with van der Waals surface area (Å²) < 4.78 is 0. The molecule has 0 bridgehead atoms. The Morgan fingerprint density at radius 1 is 1.38 bits per heavy atom. The maximum absolute atomic E-state index is 9.04. The van der Waals surface area contributed by atoms with Gasteiger partial charge in [-0.25, -0.2) is 0 Å². The second-order valence-corrected chi connectivity index (χ2v) is 4.14. The zero-order valence-corrected chi connectivity index (χ0v) is 10.4. The molecule has 4 heteroatoms. The number of hydrogen-bond acceptors (Lipinski definition) is 3. The molecular formula is C12H19ClN2O. The van der Waals surface area contributed by atoms with Gasteiger partial charge in [-0.3, -0.25) is 0 Å². The molecule has 0 aliphatic heterocycles. The van der Waals surface area contributed by atoms with E-state index >= 15 is 0 Å². The van der Waals surface area contributed by atoms with Crippen LogP contribution in [0.1, 0.15) is 19.8 Å². The minimum Gasteiger partial charge on any atom is -0.396 e. The molecule has 0 atom stereocenters. The first-order valence-electron chi connectivity index (χ1n) is 5.60. The van der Waals surface area contributed by atoms with Crippen molar-refractivity contribution in [2.45, 2.75) is 19.8 Å². The molecule has 0 fully saturated rings. The highest BCUT2D eigenvalue weighted by molar-refractivity contribution is 6.33. The van der Waals surface area contributed by atoms with Crippen LogP contribution >= 0.6 is 11.6 Å². The van der Waals surface area contributed by atoms with E-state index in [9.17, 15) is 0 Å². The summed E-state index contributed by atoms with van der Waals surface area (Å²) in [6.07, 6.45) is 2.19. The fourth-order valence-corrected chi connectivity index (χ4v) is 1.79. The second kappa shape index (κ2) is 6.61. The largest absolute Gasteiger partial charge is 0.396 e. The third-order valence-corrected chi connectivity index (χ3v) is 2.85. The monoisotopic (exact) mass is 242 g/mol. The maximum atomic E-state index is 9.04. The van der Waals surface area contributed by atoms with E-state index in [1.54, 1.807) is 6.07 Å². The van der Waals surface area contributed by atoms with E-state index in [4.69, 9.17) is 22.4 Å². The van der Waals surface area contributed by atoms with Crippen molar-refractivity contribution in [3.05, 3.63) is 23.2 Å². The standard InChI is InChI=1S/C12H19ClN2O/c1-2-3-7-15(8-9-16)11-6-4-5-10(13)12(11)14/h4-6,16H,2-3,7-9,14H2,1H3. The van der Waals surface area contributed by atoms with E-state index in [0.717, 1.165) is 25.1 Å². The third kappa shape index (κ3) is 3.29. The highest BCUT2D eigenvalue weighted by atomic mass is 35.5. The SMILES string of the molecule is CCCCN(CCO)c1cccc(Cl)c1N. The Balaban J connectivity index is 2.86. The van der Waals surface area contributed by atoms with Crippen LogP contribution in [0.3, 0.4) is 0 Å². The molecule has 0 aliphatic carbocycles. The van der Waals surface area contributed by atoms with Crippen LogP contribution in [0.4, 0.5) is 11.4 Å². The lowest BCUT2D eigenvalue weighted by Crippen LogP contribution is -2.28. The van der Waals surface area contributed by atoms with Gasteiger partial charge in [-0.2, -0.15) is 0 Å². The Morgan fingerprint density at radius 3 is 2.75 bits per heavy atom. The van der Waals surface area contributed by atoms with Gasteiger partial charge in [0.1, 0.15) is 0 Å². The lowest BCUT2D eigenvalue weighted by atomic mass is 10.2. The summed E-state index contributed by atoms with van der Waals surface area (Å²) in [5, 5.41) is 9.61. The van der Waals surface area contributed by atoms with Gasteiger partial charge in [0.15, 0.2) is 0 Å². The molecule has 3 nitrogen and oxygen atoms in total. The summed E-state index contributed by atoms with van der Waals surface area (Å²) in [6.45, 7) is 3.74. The first-order valence-corrected chi connectivity index (χ1v) is 5.98. The first kappa shape index (κ1) is 13.1. The molecule has 90 valence electrons. The van der Waals surface area contributed by atoms with Crippen molar-refractivity contribution in [3.63, 3.8) is 0 Å². The molecule has 1 rings (SSSR count). The fourth-order valence-electron chi connectivity index (χ4n) is 1.62. The molecule has 16 heavy (non-hydrogen) atoms. The molecule has 3 N–H and O–H groups in total. The molecule has 0 saturated carbocycles. The number of halogens is 1. The number of benzene rings is 1. The molecule has 0 aliphatic rings. The predicted octanol–water partition coefficient (Wildman–Crippen LogP) is 2.52. The summed E-state index contributed by atoms with van der Waals surface area (Å²) in [7, 11) is 0. The lowest BCUT2D eigenvalue weighted by molar-refractivity contribution is 0.301. The molecule has 0 saturated heterocycles. The van der Waals surface area contributed by atoms with Gasteiger partial charge >= 0.3 is 0 Å². The Labute approximate surface area is 102 Å². The predicted molar refractivity (Wildman–Crippen MR) is 70.1 cm³/mol. The summed E-state index contributed by atoms with van der Waals surface area (Å²) in [6, 6.07) is 5.59. The van der Waals surface area contributed by atoms with E-state index < -0.39 is 0 Å². The molecule has 1 aromatic rings. The highest BCUT2D eigenvalue weighted by Crippen LogP contribution is 2.30. The summed E-state index contributed by atoms with van der Waals surface area (Å²) in [5.41, 5.74) is 7.43. The zero-order valence-electron chi connectivity index (χ0n) is 9.62. The Bertz CT molecular complexity index is 331. The van der Waals surface area contributed by atoms with Crippen LogP contribution in [0.5, 0.6) is 0 Å². The van der Waals surface area contributed by atoms with E-state index in [0.29, 0.717) is 17.3 Å². The Hall–Kier alpha value is -0.930. The number of nitrogens with zero attached hydrogens (tertiary/aromatic N) is 1. The van der Waals surface area contributed by atoms with Gasteiger partial charge in [0.25, 0.3) is 0 Å². The quantitative estimate of drug-likeness (QED) is 0.754. The average molecular weight is 243 g/mol. The van der Waals surface area contributed by atoms with E-state index in [1.807, 2.05) is 12.1 Å². The number of unbranched alkanes of at least 4 members (excludes halogenated alkanes) is 1. The number of nitrogen functional groups attached to an aromatic ring is 1. The number of anilines is 2. The normalized spacial score (nSPS) is 10.4. The summed E-state index contributed by atoms with van der Waals surface area (Å²) in [5.74, 6) is 0. The van der Waals surface area contributed by atoms with Crippen molar-refractivity contribution in [1.82, 2.24) is 0 Å². The second-order valence-electron chi connectivity index (χ2n) is 3.74. The van der Waals surface area contributed by atoms with Crippen molar-refractivity contribution in [2.75, 3.05) is 30.3 Å². The van der Waals surface area contributed by atoms with Crippen LogP contribution in [0.25, 0.3) is 0 Å². The number of hydrogen-bond donors (Lipinski definition) is 2. The van der Waals surface area contributed by atoms with Gasteiger partial charge in [0, 0.05) is 13.1 Å². The molecule has 0 amide bonds. The van der Waals surface area contributed by atoms with Crippen LogP contribution in [-0.2, 0) is 0 Å². The zero-order chi connectivity index (χ0) is 12.0. The van der Waals surface area contributed by atoms with Crippen LogP contribution < -0.4 is 10.6 Å². The summed E-state index contributed by atoms with van der Waals surface area (Å²) >= 11 is 5.98. The van der Waals surface area contributed by atoms with Crippen molar-refractivity contribution >= 4 is 23.0 Å². The first-order chi connectivity index (χ1) is 7.70. The number of rotatable bonds is 6. The molecule has 0 spiro atoms. The minimum atomic E-state index is 0.121. The van der Waals surface area contributed by atoms with Crippen molar-refractivity contribution < 1.29 is 5.11 Å². The van der Waals surface area contributed by atoms with Gasteiger partial charge in [-0.1, -0.05) is 31.0 Å². The third-order valence-electron chi connectivity index (χ3n) is 2.52. The molecule has 0 heterocycles. The smallest absolute Gasteiger partial charge is 0.0741 e. The molecule has 0 unspecified atom stereocenters. The van der Waals surface area contributed by atoms with Gasteiger partial charge in [0.2, 0.25) is 0 Å². The Kier molecular flexibility index (Phi) is 5.43. The van der Waals surface area contributed by atoms with Crippen LogP contribution in [0.2, 0.25) is 5.02 Å². The number of aliphatic hydroxyl groups excluding tert-OH is 1. The van der Waals surface area contributed by atoms with Gasteiger partial charge < -0.3 is 15.7 Å². The number of para-hydroxylation sites is 1. The fraction of sp³-hybridized carbons (Fsp3) is 0.500. The maximum Gasteiger partial charge on any atom is 0.0741 e. The van der Waals surface area contributed by atoms with E-state index in [2.05, 4.69) is 11.8 Å². The van der Waals surface area contributed by atoms with Crippen molar-refractivity contribution in [3.8, 4) is 0 Å². The van der Waals surface area contributed by atoms with Crippen LogP contribution in [-0.4, -0.2) is 24.8 Å². The Morgan fingerprint density at radius 2 is 2.12 bits per heavy atom. The molecule has 0 radical (unpaired) electrons. The van der Waals surface area contributed by atoms with Crippen LogP contribution in [0, 0.1) is 0 Å². The molecule has 0 aromatic heterocycles. The molecular weight excluding hydrogens is 224 g/mol. The van der Waals surface area contributed by atoms with E-state index in [1.165, 1.54) is 0 Å². The van der Waals surface area contributed by atoms with Gasteiger partial charge in [-0.05, 0) is 18.6 Å². The number of nitrogens with two attached hydrogens (primary N) is 1. The van der Waals surface area contributed by atoms with Crippen molar-refractivity contribution in [1.29, 1.82) is 0 Å². The minimum absolute atomic E-state index is 0.121. The van der Waals surface area contributed by atoms with Crippen molar-refractivity contribution in [2.24, 2.45) is 0 Å². The van der Waals surface area contributed by atoms with Gasteiger partial charge in [0.05, 0.1) is 23.0 Å². The molecule has 1 aromatic carbocycles. The lowest BCUT2D eigenvalue weighted by Gasteiger charge is -2.25. The summed E-state index contributed by atoms with van der Waals surface area (Å²) in [4.78, 5) is 2.07. The van der Waals surface area contributed by atoms with E-state index in [-0.39, 0.29) is 6.61 Å². The van der Waals surface area contributed by atoms with Gasteiger partial charge in [-0.15, -0.1) is 0 Å². The van der Waals surface area contributed by atoms with Crippen LogP contribution in [0.15, 0.2) is 18.2 Å². The average Bonchev–Trinajstić information content (AvgIpc) is 2.28. The number of aliphatic hydroxyl groups is 1. The highest BCUT2D eigenvalue weighted by Gasteiger charge is 2.10.